The van der Waals surface area contributed by atoms with Crippen molar-refractivity contribution in [2.75, 3.05) is 18.0 Å². The molecule has 6 nitrogen and oxygen atoms in total. The molecule has 0 radical (unpaired) electrons. The third-order valence-corrected chi connectivity index (χ3v) is 3.92. The van der Waals surface area contributed by atoms with Crippen LogP contribution in [0.25, 0.3) is 0 Å². The van der Waals surface area contributed by atoms with E-state index in [0.29, 0.717) is 31.1 Å². The summed E-state index contributed by atoms with van der Waals surface area (Å²) in [5.41, 5.74) is 0.930. The van der Waals surface area contributed by atoms with Gasteiger partial charge in [-0.05, 0) is 30.7 Å². The Morgan fingerprint density at radius 1 is 1.29 bits per heavy atom. The van der Waals surface area contributed by atoms with E-state index in [2.05, 4.69) is 10.2 Å². The predicted molar refractivity (Wildman–Crippen MR) is 89.8 cm³/mol. The van der Waals surface area contributed by atoms with Crippen molar-refractivity contribution in [3.63, 3.8) is 0 Å². The Bertz CT molecular complexity index is 698. The number of aliphatic hydroxyl groups excluding tert-OH is 1. The molecule has 0 saturated heterocycles. The minimum absolute atomic E-state index is 0.105. The molecular formula is C18H22N2O4. The van der Waals surface area contributed by atoms with Crippen LogP contribution in [0.2, 0.25) is 0 Å². The summed E-state index contributed by atoms with van der Waals surface area (Å²) >= 11 is 0. The maximum absolute atomic E-state index is 12.3. The highest BCUT2D eigenvalue weighted by molar-refractivity contribution is 5.83. The number of anilines is 1. The molecular weight excluding hydrogens is 308 g/mol. The third-order valence-electron chi connectivity index (χ3n) is 3.92. The largest absolute Gasteiger partial charge is 0.477 e. The van der Waals surface area contributed by atoms with Gasteiger partial charge < -0.3 is 24.5 Å². The van der Waals surface area contributed by atoms with Crippen LogP contribution in [-0.2, 0) is 17.9 Å². The van der Waals surface area contributed by atoms with Gasteiger partial charge >= 0.3 is 0 Å². The van der Waals surface area contributed by atoms with E-state index in [0.717, 1.165) is 17.9 Å². The number of ether oxygens (including phenoxy) is 1. The van der Waals surface area contributed by atoms with Crippen LogP contribution >= 0.6 is 0 Å². The van der Waals surface area contributed by atoms with Crippen molar-refractivity contribution in [3.8, 4) is 5.75 Å². The molecule has 0 spiro atoms. The van der Waals surface area contributed by atoms with E-state index in [-0.39, 0.29) is 12.5 Å². The van der Waals surface area contributed by atoms with E-state index in [1.807, 2.05) is 37.3 Å². The first kappa shape index (κ1) is 16.4. The first-order chi connectivity index (χ1) is 11.7. The Hall–Kier alpha value is -2.47. The minimum atomic E-state index is -0.557. The molecule has 0 aliphatic carbocycles. The first-order valence-electron chi connectivity index (χ1n) is 8.18. The number of para-hydroxylation sites is 2. The molecule has 3 rings (SSSR count). The van der Waals surface area contributed by atoms with E-state index in [9.17, 15) is 4.79 Å². The molecule has 2 heterocycles. The summed E-state index contributed by atoms with van der Waals surface area (Å²) < 4.78 is 11.4. The fourth-order valence-electron chi connectivity index (χ4n) is 2.74. The number of aliphatic hydroxyl groups is 1. The Morgan fingerprint density at radius 2 is 2.08 bits per heavy atom. The first-order valence-corrected chi connectivity index (χ1v) is 8.18. The number of fused-ring (bicyclic) bond motifs is 1. The Kier molecular flexibility index (Phi) is 5.05. The number of hydrogen-bond donors (Lipinski definition) is 2. The van der Waals surface area contributed by atoms with Gasteiger partial charge in [-0.25, -0.2) is 0 Å². The van der Waals surface area contributed by atoms with Crippen molar-refractivity contribution in [2.45, 2.75) is 32.6 Å². The summed E-state index contributed by atoms with van der Waals surface area (Å²) in [5.74, 6) is 1.86. The quantitative estimate of drug-likeness (QED) is 0.848. The van der Waals surface area contributed by atoms with Crippen LogP contribution in [-0.4, -0.2) is 30.2 Å². The highest BCUT2D eigenvalue weighted by Crippen LogP contribution is 2.34. The number of carbonyl (C=O) groups excluding carboxylic acids is 1. The van der Waals surface area contributed by atoms with Crippen molar-refractivity contribution in [1.82, 2.24) is 5.32 Å². The van der Waals surface area contributed by atoms with E-state index < -0.39 is 6.10 Å². The maximum Gasteiger partial charge on any atom is 0.262 e. The van der Waals surface area contributed by atoms with Crippen LogP contribution in [0.1, 0.15) is 24.9 Å². The second kappa shape index (κ2) is 7.40. The number of amides is 1. The van der Waals surface area contributed by atoms with Crippen LogP contribution in [0.4, 0.5) is 5.69 Å². The van der Waals surface area contributed by atoms with E-state index in [1.165, 1.54) is 0 Å². The normalized spacial score (nSPS) is 16.4. The van der Waals surface area contributed by atoms with Gasteiger partial charge in [-0.1, -0.05) is 19.1 Å². The molecule has 1 amide bonds. The van der Waals surface area contributed by atoms with Gasteiger partial charge in [0, 0.05) is 6.54 Å². The predicted octanol–water partition coefficient (Wildman–Crippen LogP) is 2.07. The third kappa shape index (κ3) is 3.54. The molecule has 2 N–H and O–H groups in total. The molecule has 1 aliphatic heterocycles. The molecule has 2 aromatic rings. The minimum Gasteiger partial charge on any atom is -0.477 e. The summed E-state index contributed by atoms with van der Waals surface area (Å²) in [5, 5.41) is 12.0. The molecule has 24 heavy (non-hydrogen) atoms. The van der Waals surface area contributed by atoms with Crippen molar-refractivity contribution in [2.24, 2.45) is 0 Å². The molecule has 1 aromatic heterocycles. The van der Waals surface area contributed by atoms with Crippen molar-refractivity contribution in [3.05, 3.63) is 47.9 Å². The number of benzene rings is 1. The molecule has 0 saturated carbocycles. The van der Waals surface area contributed by atoms with Crippen LogP contribution in [0, 0.1) is 0 Å². The van der Waals surface area contributed by atoms with Crippen LogP contribution < -0.4 is 15.0 Å². The number of carbonyl (C=O) groups is 1. The molecule has 1 aromatic carbocycles. The maximum atomic E-state index is 12.3. The Labute approximate surface area is 141 Å². The summed E-state index contributed by atoms with van der Waals surface area (Å²) in [6.07, 6.45) is 0.327. The van der Waals surface area contributed by atoms with Crippen LogP contribution in [0.15, 0.2) is 40.8 Å². The standard InChI is InChI=1S/C18H22N2O4/c1-2-9-19-18(22)17-11-20(10-13-7-8-14(12-21)23-13)15-5-3-4-6-16(15)24-17/h3-8,17,21H,2,9-12H2,1H3,(H,19,22)/t17-/m0/s1. The number of hydrogen-bond acceptors (Lipinski definition) is 5. The van der Waals surface area contributed by atoms with Gasteiger partial charge in [0.15, 0.2) is 6.10 Å². The average molecular weight is 330 g/mol. The average Bonchev–Trinajstić information content (AvgIpc) is 3.07. The number of furan rings is 1. The van der Waals surface area contributed by atoms with Crippen LogP contribution in [0.3, 0.4) is 0 Å². The molecule has 0 bridgehead atoms. The SMILES string of the molecule is CCCNC(=O)[C@@H]1CN(Cc2ccc(CO)o2)c2ccccc2O1. The smallest absolute Gasteiger partial charge is 0.262 e. The lowest BCUT2D eigenvalue weighted by atomic mass is 10.1. The van der Waals surface area contributed by atoms with Gasteiger partial charge in [-0.15, -0.1) is 0 Å². The Morgan fingerprint density at radius 3 is 2.83 bits per heavy atom. The second-order valence-corrected chi connectivity index (χ2v) is 5.77. The van der Waals surface area contributed by atoms with Gasteiger partial charge in [0.25, 0.3) is 5.91 Å². The summed E-state index contributed by atoms with van der Waals surface area (Å²) in [7, 11) is 0. The van der Waals surface area contributed by atoms with E-state index in [4.69, 9.17) is 14.3 Å². The fraction of sp³-hybridized carbons (Fsp3) is 0.389. The highest BCUT2D eigenvalue weighted by atomic mass is 16.5. The molecule has 1 aliphatic rings. The van der Waals surface area contributed by atoms with Crippen molar-refractivity contribution in [1.29, 1.82) is 0 Å². The van der Waals surface area contributed by atoms with Gasteiger partial charge in [-0.2, -0.15) is 0 Å². The van der Waals surface area contributed by atoms with Crippen molar-refractivity contribution < 1.29 is 19.1 Å². The van der Waals surface area contributed by atoms with Gasteiger partial charge in [0.1, 0.15) is 23.9 Å². The molecule has 128 valence electrons. The second-order valence-electron chi connectivity index (χ2n) is 5.77. The molecule has 1 atom stereocenters. The fourth-order valence-corrected chi connectivity index (χ4v) is 2.74. The molecule has 6 heteroatoms. The monoisotopic (exact) mass is 330 g/mol. The zero-order chi connectivity index (χ0) is 16.9. The molecule has 0 fully saturated rings. The lowest BCUT2D eigenvalue weighted by Gasteiger charge is -2.35. The highest BCUT2D eigenvalue weighted by Gasteiger charge is 2.30. The van der Waals surface area contributed by atoms with Crippen molar-refractivity contribution >= 4 is 11.6 Å². The number of rotatable bonds is 6. The van der Waals surface area contributed by atoms with Gasteiger partial charge in [0.05, 0.1) is 18.8 Å². The molecule has 0 unspecified atom stereocenters. The summed E-state index contributed by atoms with van der Waals surface area (Å²) in [4.78, 5) is 14.4. The number of nitrogens with zero attached hydrogens (tertiary/aromatic N) is 1. The lowest BCUT2D eigenvalue weighted by Crippen LogP contribution is -2.48. The zero-order valence-electron chi connectivity index (χ0n) is 13.7. The Balaban J connectivity index is 1.79. The lowest BCUT2D eigenvalue weighted by molar-refractivity contribution is -0.127. The summed E-state index contributed by atoms with van der Waals surface area (Å²) in [6.45, 7) is 3.49. The van der Waals surface area contributed by atoms with E-state index in [1.54, 1.807) is 6.07 Å². The van der Waals surface area contributed by atoms with Gasteiger partial charge in [0.2, 0.25) is 0 Å². The van der Waals surface area contributed by atoms with Crippen LogP contribution in [0.5, 0.6) is 5.75 Å². The summed E-state index contributed by atoms with van der Waals surface area (Å²) in [6, 6.07) is 11.3. The topological polar surface area (TPSA) is 74.9 Å². The van der Waals surface area contributed by atoms with Gasteiger partial charge in [-0.3, -0.25) is 4.79 Å². The van der Waals surface area contributed by atoms with E-state index >= 15 is 0 Å². The zero-order valence-corrected chi connectivity index (χ0v) is 13.7. The number of nitrogens with one attached hydrogen (secondary N) is 1.